The summed E-state index contributed by atoms with van der Waals surface area (Å²) in [6, 6.07) is 10.1. The highest BCUT2D eigenvalue weighted by Gasteiger charge is 2.21. The van der Waals surface area contributed by atoms with Crippen molar-refractivity contribution in [3.05, 3.63) is 64.0 Å². The largest absolute Gasteiger partial charge is 0.334 e. The number of non-ortho nitro benzene ring substituents is 1. The zero-order chi connectivity index (χ0) is 20.5. The number of nitro groups is 1. The second-order valence-corrected chi connectivity index (χ2v) is 8.15. The third-order valence-electron chi connectivity index (χ3n) is 4.01. The summed E-state index contributed by atoms with van der Waals surface area (Å²) in [4.78, 5) is 14.4. The molecule has 2 aromatic carbocycles. The molecule has 0 bridgehead atoms. The van der Waals surface area contributed by atoms with Crippen molar-refractivity contribution in [2.75, 3.05) is 4.72 Å². The van der Waals surface area contributed by atoms with Crippen molar-refractivity contribution < 1.29 is 17.9 Å². The Hall–Kier alpha value is -3.27. The van der Waals surface area contributed by atoms with E-state index in [0.717, 1.165) is 6.07 Å². The van der Waals surface area contributed by atoms with Gasteiger partial charge in [0.2, 0.25) is 0 Å². The number of nitrogens with one attached hydrogen (secondary N) is 1. The maximum atomic E-state index is 12.7. The van der Waals surface area contributed by atoms with E-state index in [1.807, 2.05) is 13.8 Å². The molecule has 10 heteroatoms. The van der Waals surface area contributed by atoms with E-state index in [4.69, 9.17) is 4.52 Å². The minimum Gasteiger partial charge on any atom is -0.334 e. The quantitative estimate of drug-likeness (QED) is 0.489. The third kappa shape index (κ3) is 4.01. The first-order valence-electron chi connectivity index (χ1n) is 8.39. The van der Waals surface area contributed by atoms with E-state index in [1.165, 1.54) is 12.1 Å². The SMILES string of the molecule is Cc1ccc([N+](=O)[O-])cc1S(=O)(=O)Nc1ccc(-c2nc(C(C)C)no2)cc1. The fourth-order valence-corrected chi connectivity index (χ4v) is 3.79. The number of aryl methyl sites for hydroxylation is 1. The number of sulfonamides is 1. The van der Waals surface area contributed by atoms with Gasteiger partial charge >= 0.3 is 0 Å². The lowest BCUT2D eigenvalue weighted by atomic mass is 10.2. The number of hydrogen-bond acceptors (Lipinski definition) is 7. The zero-order valence-corrected chi connectivity index (χ0v) is 16.2. The van der Waals surface area contributed by atoms with Crippen LogP contribution in [0.25, 0.3) is 11.5 Å². The number of nitrogens with zero attached hydrogens (tertiary/aromatic N) is 3. The van der Waals surface area contributed by atoms with Crippen molar-refractivity contribution >= 4 is 21.4 Å². The van der Waals surface area contributed by atoms with Crippen LogP contribution in [-0.2, 0) is 10.0 Å². The van der Waals surface area contributed by atoms with Crippen molar-refractivity contribution in [1.29, 1.82) is 0 Å². The number of hydrogen-bond donors (Lipinski definition) is 1. The summed E-state index contributed by atoms with van der Waals surface area (Å²) in [6.07, 6.45) is 0. The van der Waals surface area contributed by atoms with Crippen LogP contribution in [0.5, 0.6) is 0 Å². The fraction of sp³-hybridized carbons (Fsp3) is 0.222. The van der Waals surface area contributed by atoms with E-state index < -0.39 is 14.9 Å². The van der Waals surface area contributed by atoms with E-state index in [-0.39, 0.29) is 16.5 Å². The molecule has 0 aliphatic heterocycles. The molecular formula is C18H18N4O5S. The van der Waals surface area contributed by atoms with Crippen LogP contribution < -0.4 is 4.72 Å². The van der Waals surface area contributed by atoms with Gasteiger partial charge in [0.05, 0.1) is 9.82 Å². The highest BCUT2D eigenvalue weighted by atomic mass is 32.2. The van der Waals surface area contributed by atoms with Gasteiger partial charge in [0, 0.05) is 29.3 Å². The van der Waals surface area contributed by atoms with Crippen LogP contribution in [0.4, 0.5) is 11.4 Å². The molecule has 0 saturated heterocycles. The molecular weight excluding hydrogens is 384 g/mol. The maximum absolute atomic E-state index is 12.7. The minimum atomic E-state index is -3.99. The van der Waals surface area contributed by atoms with E-state index in [2.05, 4.69) is 14.9 Å². The summed E-state index contributed by atoms with van der Waals surface area (Å²) in [5.41, 5.74) is 1.06. The van der Waals surface area contributed by atoms with Gasteiger partial charge in [-0.3, -0.25) is 14.8 Å². The van der Waals surface area contributed by atoms with Crippen LogP contribution in [0.1, 0.15) is 31.2 Å². The molecule has 0 aliphatic rings. The smallest absolute Gasteiger partial charge is 0.270 e. The lowest BCUT2D eigenvalue weighted by molar-refractivity contribution is -0.385. The van der Waals surface area contributed by atoms with Crippen molar-refractivity contribution in [1.82, 2.24) is 10.1 Å². The van der Waals surface area contributed by atoms with Crippen LogP contribution in [-0.4, -0.2) is 23.5 Å². The van der Waals surface area contributed by atoms with E-state index in [9.17, 15) is 18.5 Å². The topological polar surface area (TPSA) is 128 Å². The maximum Gasteiger partial charge on any atom is 0.270 e. The summed E-state index contributed by atoms with van der Waals surface area (Å²) >= 11 is 0. The van der Waals surface area contributed by atoms with E-state index >= 15 is 0 Å². The molecule has 0 fully saturated rings. The van der Waals surface area contributed by atoms with E-state index in [0.29, 0.717) is 28.5 Å². The van der Waals surface area contributed by atoms with Gasteiger partial charge in [-0.25, -0.2) is 8.42 Å². The Balaban J connectivity index is 1.85. The van der Waals surface area contributed by atoms with Crippen LogP contribution in [0.2, 0.25) is 0 Å². The van der Waals surface area contributed by atoms with Gasteiger partial charge in [0.1, 0.15) is 0 Å². The lowest BCUT2D eigenvalue weighted by Gasteiger charge is -2.10. The van der Waals surface area contributed by atoms with Gasteiger partial charge < -0.3 is 4.52 Å². The summed E-state index contributed by atoms with van der Waals surface area (Å²) in [5.74, 6) is 1.05. The number of aromatic nitrogens is 2. The first-order chi connectivity index (χ1) is 13.2. The normalized spacial score (nSPS) is 11.6. The highest BCUT2D eigenvalue weighted by molar-refractivity contribution is 7.92. The molecule has 0 atom stereocenters. The van der Waals surface area contributed by atoms with Gasteiger partial charge in [0.25, 0.3) is 21.6 Å². The molecule has 9 nitrogen and oxygen atoms in total. The molecule has 0 unspecified atom stereocenters. The molecule has 146 valence electrons. The molecule has 1 heterocycles. The Kier molecular flexibility index (Phi) is 5.14. The molecule has 0 aliphatic carbocycles. The average molecular weight is 402 g/mol. The monoisotopic (exact) mass is 402 g/mol. The van der Waals surface area contributed by atoms with Gasteiger partial charge in [-0.15, -0.1) is 0 Å². The van der Waals surface area contributed by atoms with Gasteiger partial charge in [-0.2, -0.15) is 4.98 Å². The molecule has 0 spiro atoms. The van der Waals surface area contributed by atoms with Crippen molar-refractivity contribution in [3.8, 4) is 11.5 Å². The summed E-state index contributed by atoms with van der Waals surface area (Å²) in [7, 11) is -3.99. The molecule has 3 aromatic rings. The van der Waals surface area contributed by atoms with Crippen LogP contribution in [0.15, 0.2) is 51.9 Å². The van der Waals surface area contributed by atoms with Crippen LogP contribution in [0, 0.1) is 17.0 Å². The lowest BCUT2D eigenvalue weighted by Crippen LogP contribution is -2.14. The number of anilines is 1. The Morgan fingerprint density at radius 2 is 1.82 bits per heavy atom. The second-order valence-electron chi connectivity index (χ2n) is 6.50. The minimum absolute atomic E-state index is 0.127. The Morgan fingerprint density at radius 3 is 2.39 bits per heavy atom. The zero-order valence-electron chi connectivity index (χ0n) is 15.4. The standard InChI is InChI=1S/C18H18N4O5S/c1-11(2)17-19-18(27-20-17)13-5-7-14(8-6-13)21-28(25,26)16-10-15(22(23)24)9-4-12(16)3/h4-11,21H,1-3H3. The molecule has 1 N–H and O–H groups in total. The van der Waals surface area contributed by atoms with Crippen LogP contribution >= 0.6 is 0 Å². The highest BCUT2D eigenvalue weighted by Crippen LogP contribution is 2.26. The number of benzene rings is 2. The van der Waals surface area contributed by atoms with Gasteiger partial charge in [-0.05, 0) is 36.8 Å². The van der Waals surface area contributed by atoms with Crippen molar-refractivity contribution in [2.24, 2.45) is 0 Å². The summed E-state index contributed by atoms with van der Waals surface area (Å²) < 4.78 is 32.9. The molecule has 1 aromatic heterocycles. The Labute approximate surface area is 161 Å². The van der Waals surface area contributed by atoms with Crippen molar-refractivity contribution in [3.63, 3.8) is 0 Å². The molecule has 3 rings (SSSR count). The van der Waals surface area contributed by atoms with Gasteiger partial charge in [0.15, 0.2) is 5.82 Å². The second kappa shape index (κ2) is 7.39. The molecule has 0 saturated carbocycles. The van der Waals surface area contributed by atoms with E-state index in [1.54, 1.807) is 31.2 Å². The average Bonchev–Trinajstić information content (AvgIpc) is 3.12. The Bertz CT molecular complexity index is 1120. The summed E-state index contributed by atoms with van der Waals surface area (Å²) in [6.45, 7) is 5.47. The Morgan fingerprint density at radius 1 is 1.14 bits per heavy atom. The third-order valence-corrected chi connectivity index (χ3v) is 5.54. The molecule has 28 heavy (non-hydrogen) atoms. The predicted octanol–water partition coefficient (Wildman–Crippen LogP) is 3.88. The predicted molar refractivity (Wildman–Crippen MR) is 102 cm³/mol. The molecule has 0 amide bonds. The van der Waals surface area contributed by atoms with Crippen molar-refractivity contribution in [2.45, 2.75) is 31.6 Å². The first-order valence-corrected chi connectivity index (χ1v) is 9.87. The molecule has 0 radical (unpaired) electrons. The summed E-state index contributed by atoms with van der Waals surface area (Å²) in [5, 5.41) is 14.8. The number of nitro benzene ring substituents is 1. The van der Waals surface area contributed by atoms with Gasteiger partial charge in [-0.1, -0.05) is 25.1 Å². The van der Waals surface area contributed by atoms with Crippen LogP contribution in [0.3, 0.4) is 0 Å². The number of rotatable bonds is 6. The first kappa shape index (κ1) is 19.5. The fourth-order valence-electron chi connectivity index (χ4n) is 2.47.